The average molecular weight is 395 g/mol. The van der Waals surface area contributed by atoms with Crippen LogP contribution < -0.4 is 10.3 Å². The standard InChI is InChI=1S/C19H10F5NO3/c1-8-2-4-9(5-3-8)11-7-6-10(18(26)25-11)19(27)28-17-15(23)13(21)12(20)14(22)16(17)24/h2-7H,1H3,(H,25,26). The number of carbonyl (C=O) groups is 1. The number of H-pyrrole nitrogens is 1. The van der Waals surface area contributed by atoms with E-state index in [-0.39, 0.29) is 0 Å². The highest BCUT2D eigenvalue weighted by Gasteiger charge is 2.29. The summed E-state index contributed by atoms with van der Waals surface area (Å²) in [7, 11) is 0. The smallest absolute Gasteiger partial charge is 0.349 e. The van der Waals surface area contributed by atoms with Crippen LogP contribution in [0.4, 0.5) is 22.0 Å². The number of hydrogen-bond acceptors (Lipinski definition) is 3. The first-order valence-electron chi connectivity index (χ1n) is 7.74. The van der Waals surface area contributed by atoms with E-state index in [1.54, 1.807) is 24.3 Å². The van der Waals surface area contributed by atoms with Crippen molar-refractivity contribution in [2.24, 2.45) is 0 Å². The van der Waals surface area contributed by atoms with E-state index >= 15 is 0 Å². The van der Waals surface area contributed by atoms with Gasteiger partial charge in [-0.1, -0.05) is 29.8 Å². The monoisotopic (exact) mass is 395 g/mol. The van der Waals surface area contributed by atoms with Gasteiger partial charge in [-0.15, -0.1) is 0 Å². The zero-order chi connectivity index (χ0) is 20.6. The van der Waals surface area contributed by atoms with Gasteiger partial charge in [0.05, 0.1) is 0 Å². The Hall–Kier alpha value is -3.49. The van der Waals surface area contributed by atoms with Crippen molar-refractivity contribution in [2.75, 3.05) is 0 Å². The van der Waals surface area contributed by atoms with Crippen LogP contribution in [0, 0.1) is 36.0 Å². The fourth-order valence-corrected chi connectivity index (χ4v) is 2.36. The molecular weight excluding hydrogens is 385 g/mol. The Balaban J connectivity index is 1.94. The van der Waals surface area contributed by atoms with E-state index < -0.39 is 51.9 Å². The first-order valence-corrected chi connectivity index (χ1v) is 7.74. The van der Waals surface area contributed by atoms with Crippen molar-refractivity contribution in [3.63, 3.8) is 0 Å². The molecule has 0 unspecified atom stereocenters. The summed E-state index contributed by atoms with van der Waals surface area (Å²) in [5.74, 6) is -15.0. The molecule has 0 saturated heterocycles. The summed E-state index contributed by atoms with van der Waals surface area (Å²) < 4.78 is 70.9. The van der Waals surface area contributed by atoms with Crippen molar-refractivity contribution >= 4 is 5.97 Å². The molecule has 0 aliphatic heterocycles. The minimum Gasteiger partial charge on any atom is -0.416 e. The first-order chi connectivity index (χ1) is 13.2. The lowest BCUT2D eigenvalue weighted by molar-refractivity contribution is 0.0714. The Kier molecular flexibility index (Phi) is 5.00. The van der Waals surface area contributed by atoms with E-state index in [4.69, 9.17) is 0 Å². The van der Waals surface area contributed by atoms with Gasteiger partial charge in [0.25, 0.3) is 5.56 Å². The van der Waals surface area contributed by atoms with Crippen molar-refractivity contribution in [2.45, 2.75) is 6.92 Å². The predicted molar refractivity (Wildman–Crippen MR) is 88.4 cm³/mol. The molecule has 28 heavy (non-hydrogen) atoms. The highest BCUT2D eigenvalue weighted by atomic mass is 19.2. The molecule has 1 N–H and O–H groups in total. The van der Waals surface area contributed by atoms with Crippen LogP contribution in [-0.4, -0.2) is 11.0 Å². The second kappa shape index (κ2) is 7.26. The fraction of sp³-hybridized carbons (Fsp3) is 0.0526. The Bertz CT molecular complexity index is 1110. The molecule has 0 fully saturated rings. The Morgan fingerprint density at radius 1 is 0.821 bits per heavy atom. The van der Waals surface area contributed by atoms with E-state index in [0.717, 1.165) is 11.6 Å². The number of rotatable bonds is 3. The number of nitrogens with one attached hydrogen (secondary N) is 1. The van der Waals surface area contributed by atoms with Crippen LogP contribution >= 0.6 is 0 Å². The third kappa shape index (κ3) is 3.38. The minimum atomic E-state index is -2.39. The number of pyridine rings is 1. The molecule has 9 heteroatoms. The number of aromatic amines is 1. The Morgan fingerprint density at radius 2 is 1.36 bits per heavy atom. The lowest BCUT2D eigenvalue weighted by Gasteiger charge is -2.09. The van der Waals surface area contributed by atoms with Gasteiger partial charge in [0.2, 0.25) is 34.8 Å². The maximum atomic E-state index is 13.6. The molecule has 2 aromatic carbocycles. The Morgan fingerprint density at radius 3 is 1.89 bits per heavy atom. The average Bonchev–Trinajstić information content (AvgIpc) is 2.68. The van der Waals surface area contributed by atoms with Gasteiger partial charge in [-0.2, -0.15) is 8.78 Å². The number of halogens is 5. The highest BCUT2D eigenvalue weighted by molar-refractivity contribution is 5.91. The summed E-state index contributed by atoms with van der Waals surface area (Å²) in [6.07, 6.45) is 0. The van der Waals surface area contributed by atoms with Crippen LogP contribution in [0.25, 0.3) is 11.3 Å². The summed E-state index contributed by atoms with van der Waals surface area (Å²) in [5, 5.41) is 0. The topological polar surface area (TPSA) is 59.2 Å². The molecule has 1 heterocycles. The van der Waals surface area contributed by atoms with Gasteiger partial charge >= 0.3 is 5.97 Å². The zero-order valence-corrected chi connectivity index (χ0v) is 14.1. The molecule has 3 rings (SSSR count). The molecule has 0 spiro atoms. The van der Waals surface area contributed by atoms with Crippen LogP contribution in [0.5, 0.6) is 5.75 Å². The first kappa shape index (κ1) is 19.3. The van der Waals surface area contributed by atoms with Crippen molar-refractivity contribution in [3.05, 3.63) is 87.0 Å². The van der Waals surface area contributed by atoms with Gasteiger partial charge < -0.3 is 9.72 Å². The molecule has 0 amide bonds. The van der Waals surface area contributed by atoms with Gasteiger partial charge in [0, 0.05) is 5.69 Å². The number of carbonyl (C=O) groups excluding carboxylic acids is 1. The molecule has 0 aliphatic rings. The van der Waals surface area contributed by atoms with Crippen LogP contribution in [0.3, 0.4) is 0 Å². The largest absolute Gasteiger partial charge is 0.416 e. The van der Waals surface area contributed by atoms with E-state index in [9.17, 15) is 31.5 Å². The van der Waals surface area contributed by atoms with Gasteiger partial charge in [-0.05, 0) is 24.6 Å². The molecule has 4 nitrogen and oxygen atoms in total. The van der Waals surface area contributed by atoms with Crippen molar-refractivity contribution < 1.29 is 31.5 Å². The van der Waals surface area contributed by atoms with E-state index in [1.807, 2.05) is 6.92 Å². The van der Waals surface area contributed by atoms with Crippen molar-refractivity contribution in [1.82, 2.24) is 4.98 Å². The van der Waals surface area contributed by atoms with Crippen molar-refractivity contribution in [3.8, 4) is 17.0 Å². The number of benzene rings is 2. The highest BCUT2D eigenvalue weighted by Crippen LogP contribution is 2.29. The molecule has 3 aromatic rings. The number of ether oxygens (including phenoxy) is 1. The number of hydrogen-bond donors (Lipinski definition) is 1. The lowest BCUT2D eigenvalue weighted by atomic mass is 10.1. The molecule has 0 atom stereocenters. The van der Waals surface area contributed by atoms with Crippen LogP contribution in [0.2, 0.25) is 0 Å². The maximum absolute atomic E-state index is 13.6. The molecule has 0 radical (unpaired) electrons. The van der Waals surface area contributed by atoms with E-state index in [0.29, 0.717) is 11.3 Å². The normalized spacial score (nSPS) is 10.8. The van der Waals surface area contributed by atoms with Gasteiger partial charge in [0.15, 0.2) is 0 Å². The van der Waals surface area contributed by atoms with E-state index in [1.165, 1.54) is 6.07 Å². The quantitative estimate of drug-likeness (QED) is 0.237. The zero-order valence-electron chi connectivity index (χ0n) is 14.1. The summed E-state index contributed by atoms with van der Waals surface area (Å²) in [4.78, 5) is 26.5. The molecule has 0 bridgehead atoms. The second-order valence-electron chi connectivity index (χ2n) is 5.77. The van der Waals surface area contributed by atoms with Crippen LogP contribution in [0.1, 0.15) is 15.9 Å². The van der Waals surface area contributed by atoms with Gasteiger partial charge in [-0.3, -0.25) is 4.79 Å². The maximum Gasteiger partial charge on any atom is 0.349 e. The van der Waals surface area contributed by atoms with Gasteiger partial charge in [-0.25, -0.2) is 18.0 Å². The van der Waals surface area contributed by atoms with E-state index in [2.05, 4.69) is 9.72 Å². The predicted octanol–water partition coefficient (Wildman–Crippen LogP) is 4.27. The van der Waals surface area contributed by atoms with Gasteiger partial charge in [0.1, 0.15) is 5.56 Å². The summed E-state index contributed by atoms with van der Waals surface area (Å²) in [6.45, 7) is 1.87. The molecular formula is C19H10F5NO3. The molecule has 144 valence electrons. The second-order valence-corrected chi connectivity index (χ2v) is 5.77. The molecule has 1 aromatic heterocycles. The Labute approximate surface area is 154 Å². The number of aryl methyl sites for hydroxylation is 1. The third-order valence-corrected chi connectivity index (χ3v) is 3.86. The SMILES string of the molecule is Cc1ccc(-c2ccc(C(=O)Oc3c(F)c(F)c(F)c(F)c3F)c(=O)[nH]2)cc1. The summed E-state index contributed by atoms with van der Waals surface area (Å²) in [6, 6.07) is 9.36. The lowest BCUT2D eigenvalue weighted by Crippen LogP contribution is -2.23. The van der Waals surface area contributed by atoms with Crippen LogP contribution in [-0.2, 0) is 0 Å². The number of aromatic nitrogens is 1. The summed E-state index contributed by atoms with van der Waals surface area (Å²) in [5.41, 5.74) is 0.307. The molecule has 0 saturated carbocycles. The summed E-state index contributed by atoms with van der Waals surface area (Å²) >= 11 is 0. The third-order valence-electron chi connectivity index (χ3n) is 3.86. The molecule has 0 aliphatic carbocycles. The number of esters is 1. The fourth-order valence-electron chi connectivity index (χ4n) is 2.36. The van der Waals surface area contributed by atoms with Crippen LogP contribution in [0.15, 0.2) is 41.2 Å². The van der Waals surface area contributed by atoms with Crippen molar-refractivity contribution in [1.29, 1.82) is 0 Å². The minimum absolute atomic E-state index is 0.345.